The van der Waals surface area contributed by atoms with E-state index in [1.54, 1.807) is 31.2 Å². The second-order valence-corrected chi connectivity index (χ2v) is 3.80. The second-order valence-electron chi connectivity index (χ2n) is 3.80. The van der Waals surface area contributed by atoms with Crippen LogP contribution in [0.25, 0.3) is 0 Å². The number of aromatic hydroxyl groups is 1. The molecule has 0 unspecified atom stereocenters. The van der Waals surface area contributed by atoms with Gasteiger partial charge in [0.1, 0.15) is 5.75 Å². The van der Waals surface area contributed by atoms with Crippen LogP contribution in [0.5, 0.6) is 5.75 Å². The van der Waals surface area contributed by atoms with Gasteiger partial charge in [-0.05, 0) is 38.5 Å². The molecule has 0 saturated carbocycles. The molecule has 1 N–H and O–H groups in total. The van der Waals surface area contributed by atoms with E-state index in [1.165, 1.54) is 0 Å². The van der Waals surface area contributed by atoms with E-state index >= 15 is 0 Å². The molecule has 0 aliphatic heterocycles. The summed E-state index contributed by atoms with van der Waals surface area (Å²) in [4.78, 5) is 11.6. The van der Waals surface area contributed by atoms with E-state index in [4.69, 9.17) is 9.84 Å². The highest BCUT2D eigenvalue weighted by atomic mass is 16.5. The van der Waals surface area contributed by atoms with Crippen LogP contribution in [-0.2, 0) is 9.53 Å². The van der Waals surface area contributed by atoms with E-state index < -0.39 is 0 Å². The first-order valence-corrected chi connectivity index (χ1v) is 5.00. The number of esters is 1. The Bertz CT molecular complexity index is 327. The lowest BCUT2D eigenvalue weighted by Crippen LogP contribution is -2.17. The van der Waals surface area contributed by atoms with Gasteiger partial charge in [-0.25, -0.2) is 0 Å². The number of hydrogen-bond donors (Lipinski definition) is 1. The van der Waals surface area contributed by atoms with Crippen molar-refractivity contribution in [1.82, 2.24) is 0 Å². The number of rotatable bonds is 3. The van der Waals surface area contributed by atoms with Crippen molar-refractivity contribution in [3.63, 3.8) is 0 Å². The van der Waals surface area contributed by atoms with Crippen LogP contribution < -0.4 is 0 Å². The molecule has 0 saturated heterocycles. The van der Waals surface area contributed by atoms with Gasteiger partial charge in [0.2, 0.25) is 0 Å². The number of phenols is 1. The lowest BCUT2D eigenvalue weighted by molar-refractivity contribution is -0.148. The molecule has 0 aliphatic rings. The molecule has 0 radical (unpaired) electrons. The Morgan fingerprint density at radius 3 is 2.20 bits per heavy atom. The lowest BCUT2D eigenvalue weighted by atomic mass is 10.0. The molecule has 0 amide bonds. The Hall–Kier alpha value is -1.51. The SMILES string of the molecule is CC(C)OC(=O)[C@H](C)c1ccc(O)cc1. The van der Waals surface area contributed by atoms with E-state index in [-0.39, 0.29) is 23.7 Å². The zero-order chi connectivity index (χ0) is 11.4. The quantitative estimate of drug-likeness (QED) is 0.776. The molecular formula is C12H16O3. The largest absolute Gasteiger partial charge is 0.508 e. The summed E-state index contributed by atoms with van der Waals surface area (Å²) in [5.41, 5.74) is 0.846. The maximum atomic E-state index is 11.6. The third-order valence-corrected chi connectivity index (χ3v) is 2.10. The maximum Gasteiger partial charge on any atom is 0.313 e. The highest BCUT2D eigenvalue weighted by Gasteiger charge is 2.17. The average Bonchev–Trinajstić information content (AvgIpc) is 2.17. The number of benzene rings is 1. The average molecular weight is 208 g/mol. The Kier molecular flexibility index (Phi) is 3.72. The Morgan fingerprint density at radius 1 is 1.20 bits per heavy atom. The summed E-state index contributed by atoms with van der Waals surface area (Å²) < 4.78 is 5.10. The standard InChI is InChI=1S/C12H16O3/c1-8(2)15-12(14)9(3)10-4-6-11(13)7-5-10/h4-9,13H,1-3H3/t9-/m1/s1. The van der Waals surface area contributed by atoms with Gasteiger partial charge in [0.25, 0.3) is 0 Å². The molecule has 0 aromatic heterocycles. The highest BCUT2D eigenvalue weighted by molar-refractivity contribution is 5.77. The summed E-state index contributed by atoms with van der Waals surface area (Å²) in [6, 6.07) is 6.58. The summed E-state index contributed by atoms with van der Waals surface area (Å²) in [5.74, 6) is -0.341. The fourth-order valence-corrected chi connectivity index (χ4v) is 1.23. The summed E-state index contributed by atoms with van der Waals surface area (Å²) >= 11 is 0. The monoisotopic (exact) mass is 208 g/mol. The fourth-order valence-electron chi connectivity index (χ4n) is 1.23. The van der Waals surface area contributed by atoms with E-state index in [9.17, 15) is 4.79 Å². The molecule has 0 fully saturated rings. The third-order valence-electron chi connectivity index (χ3n) is 2.10. The predicted molar refractivity (Wildman–Crippen MR) is 57.7 cm³/mol. The molecule has 3 nitrogen and oxygen atoms in total. The van der Waals surface area contributed by atoms with E-state index in [0.29, 0.717) is 0 Å². The van der Waals surface area contributed by atoms with Crippen LogP contribution in [0.4, 0.5) is 0 Å². The molecule has 0 aliphatic carbocycles. The van der Waals surface area contributed by atoms with E-state index in [0.717, 1.165) is 5.56 Å². The normalized spacial score (nSPS) is 12.5. The van der Waals surface area contributed by atoms with Crippen molar-refractivity contribution in [3.05, 3.63) is 29.8 Å². The summed E-state index contributed by atoms with van der Waals surface area (Å²) in [6.45, 7) is 5.43. The lowest BCUT2D eigenvalue weighted by Gasteiger charge is -2.13. The zero-order valence-corrected chi connectivity index (χ0v) is 9.23. The zero-order valence-electron chi connectivity index (χ0n) is 9.23. The smallest absolute Gasteiger partial charge is 0.313 e. The molecule has 1 aromatic rings. The minimum absolute atomic E-state index is 0.0999. The first-order valence-electron chi connectivity index (χ1n) is 5.00. The molecular weight excluding hydrogens is 192 g/mol. The van der Waals surface area contributed by atoms with Gasteiger partial charge in [-0.3, -0.25) is 4.79 Å². The first kappa shape index (κ1) is 11.6. The summed E-state index contributed by atoms with van der Waals surface area (Å²) in [7, 11) is 0. The number of carbonyl (C=O) groups is 1. The molecule has 0 heterocycles. The number of carbonyl (C=O) groups excluding carboxylic acids is 1. The predicted octanol–water partition coefficient (Wildman–Crippen LogP) is 2.45. The third kappa shape index (κ3) is 3.27. The van der Waals surface area contributed by atoms with Gasteiger partial charge in [-0.2, -0.15) is 0 Å². The van der Waals surface area contributed by atoms with Crippen molar-refractivity contribution in [3.8, 4) is 5.75 Å². The highest BCUT2D eigenvalue weighted by Crippen LogP contribution is 2.20. The Morgan fingerprint density at radius 2 is 1.73 bits per heavy atom. The van der Waals surface area contributed by atoms with Crippen molar-refractivity contribution in [1.29, 1.82) is 0 Å². The maximum absolute atomic E-state index is 11.6. The van der Waals surface area contributed by atoms with Gasteiger partial charge in [0.15, 0.2) is 0 Å². The van der Waals surface area contributed by atoms with E-state index in [1.807, 2.05) is 13.8 Å². The topological polar surface area (TPSA) is 46.5 Å². The first-order chi connectivity index (χ1) is 7.00. The second kappa shape index (κ2) is 4.82. The van der Waals surface area contributed by atoms with Gasteiger partial charge < -0.3 is 9.84 Å². The molecule has 0 bridgehead atoms. The Balaban J connectivity index is 2.71. The van der Waals surface area contributed by atoms with Crippen LogP contribution in [0.15, 0.2) is 24.3 Å². The molecule has 1 aromatic carbocycles. The van der Waals surface area contributed by atoms with Crippen molar-refractivity contribution in [2.75, 3.05) is 0 Å². The molecule has 1 rings (SSSR count). The van der Waals surface area contributed by atoms with E-state index in [2.05, 4.69) is 0 Å². The van der Waals surface area contributed by atoms with Crippen molar-refractivity contribution >= 4 is 5.97 Å². The molecule has 82 valence electrons. The van der Waals surface area contributed by atoms with Crippen molar-refractivity contribution < 1.29 is 14.6 Å². The van der Waals surface area contributed by atoms with Crippen LogP contribution in [0.3, 0.4) is 0 Å². The van der Waals surface area contributed by atoms with Crippen LogP contribution >= 0.6 is 0 Å². The molecule has 15 heavy (non-hydrogen) atoms. The van der Waals surface area contributed by atoms with Crippen molar-refractivity contribution in [2.45, 2.75) is 32.8 Å². The minimum Gasteiger partial charge on any atom is -0.508 e. The number of phenolic OH excluding ortho intramolecular Hbond substituents is 1. The fraction of sp³-hybridized carbons (Fsp3) is 0.417. The van der Waals surface area contributed by atoms with Gasteiger partial charge in [-0.1, -0.05) is 12.1 Å². The van der Waals surface area contributed by atoms with Gasteiger partial charge in [0.05, 0.1) is 12.0 Å². The Labute approximate surface area is 89.7 Å². The minimum atomic E-state index is -0.298. The molecule has 1 atom stereocenters. The van der Waals surface area contributed by atoms with Crippen LogP contribution in [0.2, 0.25) is 0 Å². The van der Waals surface area contributed by atoms with Gasteiger partial charge in [-0.15, -0.1) is 0 Å². The van der Waals surface area contributed by atoms with Gasteiger partial charge in [0, 0.05) is 0 Å². The van der Waals surface area contributed by atoms with Crippen molar-refractivity contribution in [2.24, 2.45) is 0 Å². The summed E-state index contributed by atoms with van der Waals surface area (Å²) in [6.07, 6.45) is -0.0999. The van der Waals surface area contributed by atoms with Gasteiger partial charge >= 0.3 is 5.97 Å². The molecule has 0 spiro atoms. The van der Waals surface area contributed by atoms with Crippen LogP contribution in [0, 0.1) is 0 Å². The van der Waals surface area contributed by atoms with Crippen LogP contribution in [-0.4, -0.2) is 17.2 Å². The summed E-state index contributed by atoms with van der Waals surface area (Å²) in [5, 5.41) is 9.11. The number of hydrogen-bond acceptors (Lipinski definition) is 3. The number of ether oxygens (including phenoxy) is 1. The van der Waals surface area contributed by atoms with Crippen LogP contribution in [0.1, 0.15) is 32.3 Å². The molecule has 3 heteroatoms.